The van der Waals surface area contributed by atoms with Gasteiger partial charge in [0, 0.05) is 25.1 Å². The summed E-state index contributed by atoms with van der Waals surface area (Å²) in [4.78, 5) is 20.0. The fourth-order valence-electron chi connectivity index (χ4n) is 4.26. The van der Waals surface area contributed by atoms with E-state index < -0.39 is 0 Å². The van der Waals surface area contributed by atoms with Crippen LogP contribution >= 0.6 is 0 Å². The first-order chi connectivity index (χ1) is 15.1. The largest absolute Gasteiger partial charge is 0.497 e. The predicted molar refractivity (Wildman–Crippen MR) is 123 cm³/mol. The number of rotatable bonds is 7. The van der Waals surface area contributed by atoms with Gasteiger partial charge in [0.25, 0.3) is 0 Å². The Morgan fingerprint density at radius 3 is 2.52 bits per heavy atom. The van der Waals surface area contributed by atoms with E-state index in [-0.39, 0.29) is 11.9 Å². The second-order valence-corrected chi connectivity index (χ2v) is 8.31. The number of carbonyl (C=O) groups is 1. The van der Waals surface area contributed by atoms with Gasteiger partial charge in [-0.3, -0.25) is 9.78 Å². The van der Waals surface area contributed by atoms with Crippen molar-refractivity contribution >= 4 is 5.91 Å². The number of pyridine rings is 1. The van der Waals surface area contributed by atoms with Crippen molar-refractivity contribution in [2.45, 2.75) is 45.1 Å². The first-order valence-corrected chi connectivity index (χ1v) is 11.1. The Morgan fingerprint density at radius 1 is 1.03 bits per heavy atom. The summed E-state index contributed by atoms with van der Waals surface area (Å²) in [6.45, 7) is 2.92. The van der Waals surface area contributed by atoms with E-state index in [0.29, 0.717) is 6.42 Å². The molecule has 0 bridgehead atoms. The molecule has 1 amide bonds. The highest BCUT2D eigenvalue weighted by Gasteiger charge is 2.30. The molecular formula is C27H30N2O2. The van der Waals surface area contributed by atoms with Crippen LogP contribution in [0.25, 0.3) is 0 Å². The SMILES string of the molecule is COc1ccc(CCC(=O)N2CCC[C@H]2c2cccc(Cc3ccc(C)cc3)n2)cc1. The van der Waals surface area contributed by atoms with E-state index in [0.717, 1.165) is 54.9 Å². The Hall–Kier alpha value is -3.14. The van der Waals surface area contributed by atoms with Crippen LogP contribution < -0.4 is 4.74 Å². The molecule has 1 aromatic heterocycles. The van der Waals surface area contributed by atoms with Gasteiger partial charge in [-0.1, -0.05) is 48.0 Å². The van der Waals surface area contributed by atoms with Gasteiger partial charge in [0.2, 0.25) is 5.91 Å². The molecule has 2 heterocycles. The number of carbonyl (C=O) groups excluding carboxylic acids is 1. The summed E-state index contributed by atoms with van der Waals surface area (Å²) in [6, 6.07) is 22.9. The number of aromatic nitrogens is 1. The van der Waals surface area contributed by atoms with Crippen LogP contribution in [0, 0.1) is 6.92 Å². The minimum absolute atomic E-state index is 0.0846. The molecule has 1 aliphatic heterocycles. The van der Waals surface area contributed by atoms with E-state index >= 15 is 0 Å². The summed E-state index contributed by atoms with van der Waals surface area (Å²) in [5, 5.41) is 0. The smallest absolute Gasteiger partial charge is 0.223 e. The van der Waals surface area contributed by atoms with Crippen molar-refractivity contribution in [1.82, 2.24) is 9.88 Å². The van der Waals surface area contributed by atoms with Gasteiger partial charge in [-0.05, 0) is 61.6 Å². The fraction of sp³-hybridized carbons (Fsp3) is 0.333. The number of aryl methyl sites for hydroxylation is 2. The molecule has 0 saturated carbocycles. The lowest BCUT2D eigenvalue weighted by molar-refractivity contribution is -0.132. The van der Waals surface area contributed by atoms with Crippen LogP contribution in [0.15, 0.2) is 66.7 Å². The number of benzene rings is 2. The zero-order valence-corrected chi connectivity index (χ0v) is 18.4. The molecule has 4 rings (SSSR count). The van der Waals surface area contributed by atoms with Crippen LogP contribution in [0.3, 0.4) is 0 Å². The Morgan fingerprint density at radius 2 is 1.77 bits per heavy atom. The average molecular weight is 415 g/mol. The molecule has 160 valence electrons. The van der Waals surface area contributed by atoms with Crippen molar-refractivity contribution in [2.24, 2.45) is 0 Å². The van der Waals surface area contributed by atoms with Gasteiger partial charge in [0.1, 0.15) is 5.75 Å². The molecule has 4 nitrogen and oxygen atoms in total. The first kappa shape index (κ1) is 21.1. The second-order valence-electron chi connectivity index (χ2n) is 8.31. The molecule has 0 unspecified atom stereocenters. The van der Waals surface area contributed by atoms with Gasteiger partial charge in [0.05, 0.1) is 18.8 Å². The summed E-state index contributed by atoms with van der Waals surface area (Å²) in [5.41, 5.74) is 5.75. The molecule has 0 aliphatic carbocycles. The molecule has 3 aromatic rings. The van der Waals surface area contributed by atoms with E-state index in [9.17, 15) is 4.79 Å². The number of hydrogen-bond acceptors (Lipinski definition) is 3. The fourth-order valence-corrected chi connectivity index (χ4v) is 4.26. The van der Waals surface area contributed by atoms with Crippen LogP contribution in [-0.4, -0.2) is 29.4 Å². The quantitative estimate of drug-likeness (QED) is 0.528. The summed E-state index contributed by atoms with van der Waals surface area (Å²) in [7, 11) is 1.66. The molecule has 1 aliphatic rings. The third-order valence-electron chi connectivity index (χ3n) is 6.04. The van der Waals surface area contributed by atoms with E-state index in [4.69, 9.17) is 9.72 Å². The monoisotopic (exact) mass is 414 g/mol. The lowest BCUT2D eigenvalue weighted by Crippen LogP contribution is -2.31. The minimum Gasteiger partial charge on any atom is -0.497 e. The van der Waals surface area contributed by atoms with Gasteiger partial charge < -0.3 is 9.64 Å². The van der Waals surface area contributed by atoms with Gasteiger partial charge in [-0.15, -0.1) is 0 Å². The second kappa shape index (κ2) is 9.78. The Labute approximate surface area is 184 Å². The molecule has 0 spiro atoms. The van der Waals surface area contributed by atoms with Gasteiger partial charge in [0.15, 0.2) is 0 Å². The van der Waals surface area contributed by atoms with Crippen LogP contribution in [0.5, 0.6) is 5.75 Å². The van der Waals surface area contributed by atoms with Crippen molar-refractivity contribution in [2.75, 3.05) is 13.7 Å². The Bertz CT molecular complexity index is 1010. The van der Waals surface area contributed by atoms with Crippen molar-refractivity contribution in [3.8, 4) is 5.75 Å². The maximum Gasteiger partial charge on any atom is 0.223 e. The number of amides is 1. The molecule has 1 fully saturated rings. The highest BCUT2D eigenvalue weighted by Crippen LogP contribution is 2.32. The average Bonchev–Trinajstić information content (AvgIpc) is 3.30. The van der Waals surface area contributed by atoms with E-state index in [2.05, 4.69) is 49.4 Å². The molecule has 0 N–H and O–H groups in total. The number of methoxy groups -OCH3 is 1. The van der Waals surface area contributed by atoms with E-state index in [1.165, 1.54) is 11.1 Å². The van der Waals surface area contributed by atoms with Crippen LogP contribution in [0.1, 0.15) is 53.4 Å². The number of ether oxygens (including phenoxy) is 1. The summed E-state index contributed by atoms with van der Waals surface area (Å²) < 4.78 is 5.21. The molecule has 2 aromatic carbocycles. The molecule has 4 heteroatoms. The molecule has 1 saturated heterocycles. The Kier molecular flexibility index (Phi) is 6.66. The first-order valence-electron chi connectivity index (χ1n) is 11.1. The summed E-state index contributed by atoms with van der Waals surface area (Å²) in [6.07, 6.45) is 4.09. The zero-order chi connectivity index (χ0) is 21.6. The van der Waals surface area contributed by atoms with E-state index in [1.807, 2.05) is 29.2 Å². The van der Waals surface area contributed by atoms with Crippen molar-refractivity contribution < 1.29 is 9.53 Å². The van der Waals surface area contributed by atoms with Crippen molar-refractivity contribution in [1.29, 1.82) is 0 Å². The highest BCUT2D eigenvalue weighted by atomic mass is 16.5. The van der Waals surface area contributed by atoms with Crippen LogP contribution in [0.2, 0.25) is 0 Å². The van der Waals surface area contributed by atoms with Gasteiger partial charge in [-0.25, -0.2) is 0 Å². The van der Waals surface area contributed by atoms with Gasteiger partial charge in [-0.2, -0.15) is 0 Å². The molecular weight excluding hydrogens is 384 g/mol. The summed E-state index contributed by atoms with van der Waals surface area (Å²) >= 11 is 0. The third kappa shape index (κ3) is 5.32. The summed E-state index contributed by atoms with van der Waals surface area (Å²) in [5.74, 6) is 1.05. The third-order valence-corrected chi connectivity index (χ3v) is 6.04. The maximum absolute atomic E-state index is 13.0. The topological polar surface area (TPSA) is 42.4 Å². The number of likely N-dealkylation sites (tertiary alicyclic amines) is 1. The minimum atomic E-state index is 0.0846. The number of nitrogens with zero attached hydrogens (tertiary/aromatic N) is 2. The van der Waals surface area contributed by atoms with Gasteiger partial charge >= 0.3 is 0 Å². The zero-order valence-electron chi connectivity index (χ0n) is 18.4. The molecule has 0 radical (unpaired) electrons. The van der Waals surface area contributed by atoms with Crippen LogP contribution in [-0.2, 0) is 17.6 Å². The Balaban J connectivity index is 1.41. The van der Waals surface area contributed by atoms with Crippen molar-refractivity contribution in [3.63, 3.8) is 0 Å². The number of hydrogen-bond donors (Lipinski definition) is 0. The lowest BCUT2D eigenvalue weighted by Gasteiger charge is -2.25. The standard InChI is InChI=1S/C27H30N2O2/c1-20-8-10-22(11-9-20)19-23-5-3-6-25(28-23)26-7-4-18-29(26)27(30)17-14-21-12-15-24(31-2)16-13-21/h3,5-6,8-13,15-16,26H,4,7,14,17-19H2,1-2H3/t26-/m0/s1. The molecule has 1 atom stereocenters. The molecule has 31 heavy (non-hydrogen) atoms. The predicted octanol–water partition coefficient (Wildman–Crippen LogP) is 5.29. The maximum atomic E-state index is 13.0. The normalized spacial score (nSPS) is 15.8. The van der Waals surface area contributed by atoms with Crippen molar-refractivity contribution in [3.05, 3.63) is 94.8 Å². The lowest BCUT2D eigenvalue weighted by atomic mass is 10.1. The van der Waals surface area contributed by atoms with E-state index in [1.54, 1.807) is 7.11 Å². The van der Waals surface area contributed by atoms with Crippen LogP contribution in [0.4, 0.5) is 0 Å². The highest BCUT2D eigenvalue weighted by molar-refractivity contribution is 5.77.